The smallest absolute Gasteiger partial charge is 0.108 e. The molecular weight excluding hydrogens is 354 g/mol. The lowest BCUT2D eigenvalue weighted by Crippen LogP contribution is -2.01. The minimum absolute atomic E-state index is 0.234. The molecule has 0 aromatic carbocycles. The van der Waals surface area contributed by atoms with Crippen molar-refractivity contribution in [3.8, 4) is 0 Å². The van der Waals surface area contributed by atoms with Crippen LogP contribution in [0.25, 0.3) is 0 Å². The Balaban J connectivity index is 2.67. The van der Waals surface area contributed by atoms with E-state index in [0.29, 0.717) is 0 Å². The molecule has 56 valence electrons. The first-order valence-corrected chi connectivity index (χ1v) is 5.20. The second-order valence-corrected chi connectivity index (χ2v) is 4.47. The zero-order valence-corrected chi connectivity index (χ0v) is 9.92. The fourth-order valence-corrected chi connectivity index (χ4v) is 1.80. The fraction of sp³-hybridized carbons (Fsp3) is 0.429. The van der Waals surface area contributed by atoms with Crippen molar-refractivity contribution in [1.82, 2.24) is 0 Å². The first-order valence-electron chi connectivity index (χ1n) is 3.04. The number of hydrogen-bond acceptors (Lipinski definition) is 1. The van der Waals surface area contributed by atoms with Crippen molar-refractivity contribution in [2.45, 2.75) is 13.0 Å². The van der Waals surface area contributed by atoms with Crippen molar-refractivity contribution in [2.75, 3.05) is 6.61 Å². The molecule has 0 saturated carbocycles. The Kier molecular flexibility index (Phi) is 3.65. The van der Waals surface area contributed by atoms with E-state index < -0.39 is 0 Å². The molecule has 3 heteroatoms. The Bertz CT molecular complexity index is 184. The van der Waals surface area contributed by atoms with E-state index in [1.807, 2.05) is 13.0 Å². The average Bonchev–Trinajstić information content (AvgIpc) is 2.20. The number of allylic oxidation sites excluding steroid dienone is 1. The first kappa shape index (κ1) is 8.99. The largest absolute Gasteiger partial charge is 0.364 e. The van der Waals surface area contributed by atoms with Crippen LogP contribution in [0.4, 0.5) is 0 Å². The predicted octanol–water partition coefficient (Wildman–Crippen LogP) is 3.04. The van der Waals surface area contributed by atoms with Gasteiger partial charge in [0.25, 0.3) is 0 Å². The van der Waals surface area contributed by atoms with E-state index in [1.165, 1.54) is 7.16 Å². The van der Waals surface area contributed by atoms with E-state index in [2.05, 4.69) is 51.3 Å². The van der Waals surface area contributed by atoms with Gasteiger partial charge in [-0.15, -0.1) is 0 Å². The van der Waals surface area contributed by atoms with E-state index in [1.54, 1.807) is 0 Å². The normalized spacial score (nSPS) is 26.9. The van der Waals surface area contributed by atoms with Crippen LogP contribution >= 0.6 is 45.2 Å². The highest BCUT2D eigenvalue weighted by molar-refractivity contribution is 14.1. The Hall–Kier alpha value is 0.900. The Morgan fingerprint density at radius 2 is 2.30 bits per heavy atom. The zero-order valence-electron chi connectivity index (χ0n) is 5.60. The summed E-state index contributed by atoms with van der Waals surface area (Å²) in [4.78, 5) is 0. The minimum Gasteiger partial charge on any atom is -0.364 e. The predicted molar refractivity (Wildman–Crippen MR) is 59.6 cm³/mol. The summed E-state index contributed by atoms with van der Waals surface area (Å²) in [5, 5.41) is 0. The number of rotatable bonds is 1. The number of halogens is 2. The molecule has 0 aliphatic carbocycles. The standard InChI is InChI=1S/C7H8I2O/c1-2-3-6-7(9)5(8)4-10-6/h2-3,6H,4H2,1H3/b3-2+. The van der Waals surface area contributed by atoms with Crippen LogP contribution in [0.5, 0.6) is 0 Å². The lowest BCUT2D eigenvalue weighted by molar-refractivity contribution is 0.160. The van der Waals surface area contributed by atoms with Gasteiger partial charge >= 0.3 is 0 Å². The van der Waals surface area contributed by atoms with Crippen molar-refractivity contribution in [2.24, 2.45) is 0 Å². The highest BCUT2D eigenvalue weighted by atomic mass is 127. The van der Waals surface area contributed by atoms with E-state index in [0.717, 1.165) is 6.61 Å². The summed E-state index contributed by atoms with van der Waals surface area (Å²) in [5.41, 5.74) is 0. The second kappa shape index (κ2) is 4.06. The van der Waals surface area contributed by atoms with Crippen LogP contribution in [0.3, 0.4) is 0 Å². The van der Waals surface area contributed by atoms with Gasteiger partial charge in [-0.3, -0.25) is 0 Å². The summed E-state index contributed by atoms with van der Waals surface area (Å²) in [6.45, 7) is 2.80. The molecule has 1 nitrogen and oxygen atoms in total. The molecule has 1 rings (SSSR count). The van der Waals surface area contributed by atoms with E-state index in [-0.39, 0.29) is 6.10 Å². The van der Waals surface area contributed by atoms with Gasteiger partial charge in [0.15, 0.2) is 0 Å². The summed E-state index contributed by atoms with van der Waals surface area (Å²) in [7, 11) is 0. The number of ether oxygens (including phenoxy) is 1. The van der Waals surface area contributed by atoms with Gasteiger partial charge in [0.1, 0.15) is 6.10 Å². The van der Waals surface area contributed by atoms with Crippen LogP contribution in [0.15, 0.2) is 19.3 Å². The third-order valence-corrected chi connectivity index (χ3v) is 4.46. The van der Waals surface area contributed by atoms with Crippen LogP contribution in [0.2, 0.25) is 0 Å². The maximum atomic E-state index is 5.44. The van der Waals surface area contributed by atoms with Gasteiger partial charge in [0.05, 0.1) is 6.61 Å². The molecule has 0 aromatic rings. The van der Waals surface area contributed by atoms with Crippen LogP contribution in [-0.2, 0) is 4.74 Å². The van der Waals surface area contributed by atoms with E-state index in [4.69, 9.17) is 4.74 Å². The molecule has 0 radical (unpaired) electrons. The van der Waals surface area contributed by atoms with Gasteiger partial charge in [-0.2, -0.15) is 0 Å². The lowest BCUT2D eigenvalue weighted by atomic mass is 10.3. The average molecular weight is 362 g/mol. The molecule has 10 heavy (non-hydrogen) atoms. The summed E-state index contributed by atoms with van der Waals surface area (Å²) >= 11 is 4.67. The molecule has 0 saturated heterocycles. The molecule has 1 heterocycles. The van der Waals surface area contributed by atoms with Crippen LogP contribution in [0, 0.1) is 0 Å². The van der Waals surface area contributed by atoms with Gasteiger partial charge in [0, 0.05) is 7.16 Å². The van der Waals surface area contributed by atoms with E-state index in [9.17, 15) is 0 Å². The molecule has 1 aliphatic heterocycles. The van der Waals surface area contributed by atoms with Crippen molar-refractivity contribution >= 4 is 45.2 Å². The molecule has 1 aliphatic rings. The first-order chi connectivity index (χ1) is 4.75. The molecule has 0 fully saturated rings. The summed E-state index contributed by atoms with van der Waals surface area (Å²) in [5.74, 6) is 0. The van der Waals surface area contributed by atoms with Crippen LogP contribution in [0.1, 0.15) is 6.92 Å². The summed E-state index contributed by atoms with van der Waals surface area (Å²) < 4.78 is 8.11. The SMILES string of the molecule is C/C=C/C1OCC(I)=C1I. The molecule has 0 aromatic heterocycles. The van der Waals surface area contributed by atoms with Crippen molar-refractivity contribution < 1.29 is 4.74 Å². The monoisotopic (exact) mass is 362 g/mol. The fourth-order valence-electron chi connectivity index (χ4n) is 0.774. The van der Waals surface area contributed by atoms with E-state index >= 15 is 0 Å². The second-order valence-electron chi connectivity index (χ2n) is 2.01. The Morgan fingerprint density at radius 1 is 1.60 bits per heavy atom. The molecule has 1 unspecified atom stereocenters. The van der Waals surface area contributed by atoms with Crippen molar-refractivity contribution in [3.63, 3.8) is 0 Å². The third-order valence-electron chi connectivity index (χ3n) is 1.27. The summed E-state index contributed by atoms with van der Waals surface area (Å²) in [6.07, 6.45) is 4.34. The maximum Gasteiger partial charge on any atom is 0.108 e. The van der Waals surface area contributed by atoms with Gasteiger partial charge in [-0.25, -0.2) is 0 Å². The highest BCUT2D eigenvalue weighted by Crippen LogP contribution is 2.31. The van der Waals surface area contributed by atoms with Crippen molar-refractivity contribution in [1.29, 1.82) is 0 Å². The molecular formula is C7H8I2O. The molecule has 0 N–H and O–H groups in total. The van der Waals surface area contributed by atoms with Gasteiger partial charge < -0.3 is 4.74 Å². The summed E-state index contributed by atoms with van der Waals surface area (Å²) in [6, 6.07) is 0. The molecule has 0 spiro atoms. The minimum atomic E-state index is 0.234. The quantitative estimate of drug-likeness (QED) is 0.515. The molecule has 1 atom stereocenters. The van der Waals surface area contributed by atoms with Crippen LogP contribution < -0.4 is 0 Å². The topological polar surface area (TPSA) is 9.23 Å². The van der Waals surface area contributed by atoms with Gasteiger partial charge in [-0.05, 0) is 52.1 Å². The molecule has 0 bridgehead atoms. The Morgan fingerprint density at radius 3 is 2.70 bits per heavy atom. The van der Waals surface area contributed by atoms with Gasteiger partial charge in [0.2, 0.25) is 0 Å². The highest BCUT2D eigenvalue weighted by Gasteiger charge is 2.19. The van der Waals surface area contributed by atoms with Crippen molar-refractivity contribution in [3.05, 3.63) is 19.3 Å². The number of hydrogen-bond donors (Lipinski definition) is 0. The Labute approximate surface area is 88.2 Å². The molecule has 0 amide bonds. The van der Waals surface area contributed by atoms with Gasteiger partial charge in [-0.1, -0.05) is 12.2 Å². The third kappa shape index (κ3) is 1.94. The van der Waals surface area contributed by atoms with Crippen LogP contribution in [-0.4, -0.2) is 12.7 Å². The zero-order chi connectivity index (χ0) is 7.56. The maximum absolute atomic E-state index is 5.44. The lowest BCUT2D eigenvalue weighted by Gasteiger charge is -2.02.